The van der Waals surface area contributed by atoms with Gasteiger partial charge in [0.2, 0.25) is 0 Å². The third kappa shape index (κ3) is 2.37. The van der Waals surface area contributed by atoms with Crippen molar-refractivity contribution in [2.24, 2.45) is 0 Å². The minimum absolute atomic E-state index is 0.116. The summed E-state index contributed by atoms with van der Waals surface area (Å²) in [6.07, 6.45) is 3.25. The first-order valence-corrected chi connectivity index (χ1v) is 9.24. The molecule has 6 rings (SSSR count). The van der Waals surface area contributed by atoms with Crippen LogP contribution in [0.3, 0.4) is 0 Å². The first-order valence-electron chi connectivity index (χ1n) is 9.24. The Balaban J connectivity index is 1.55. The standard InChI is InChI=1S/C22H13FN6O/c23-15-5-7-16(8-6-15)29-20-18(11-25-29)22-27-26-21(28(22)12-24-20)17-9-13-3-1-2-4-14(13)10-19(17)30/h1-12,30H. The third-order valence-corrected chi connectivity index (χ3v) is 5.15. The second-order valence-electron chi connectivity index (χ2n) is 6.95. The van der Waals surface area contributed by atoms with E-state index in [2.05, 4.69) is 20.3 Å². The molecule has 3 aromatic heterocycles. The molecule has 7 nitrogen and oxygen atoms in total. The molecule has 30 heavy (non-hydrogen) atoms. The smallest absolute Gasteiger partial charge is 0.175 e. The van der Waals surface area contributed by atoms with Crippen molar-refractivity contribution in [1.29, 1.82) is 0 Å². The number of aromatic hydroxyl groups is 1. The summed E-state index contributed by atoms with van der Waals surface area (Å²) in [6, 6.07) is 17.4. The number of phenolic OH excluding ortho intramolecular Hbond substituents is 1. The van der Waals surface area contributed by atoms with Gasteiger partial charge >= 0.3 is 0 Å². The number of aromatic nitrogens is 6. The van der Waals surface area contributed by atoms with Gasteiger partial charge in [0.1, 0.15) is 17.9 Å². The Labute approximate surface area is 168 Å². The lowest BCUT2D eigenvalue weighted by molar-refractivity contribution is 0.477. The zero-order valence-corrected chi connectivity index (χ0v) is 15.4. The molecule has 0 atom stereocenters. The van der Waals surface area contributed by atoms with E-state index in [0.717, 1.165) is 10.8 Å². The minimum atomic E-state index is -0.317. The van der Waals surface area contributed by atoms with Gasteiger partial charge in [-0.2, -0.15) is 5.10 Å². The molecule has 0 aliphatic rings. The maximum absolute atomic E-state index is 13.3. The molecule has 0 aliphatic carbocycles. The fourth-order valence-electron chi connectivity index (χ4n) is 3.68. The summed E-state index contributed by atoms with van der Waals surface area (Å²) < 4.78 is 16.6. The van der Waals surface area contributed by atoms with Crippen LogP contribution in [-0.2, 0) is 0 Å². The number of fused-ring (bicyclic) bond motifs is 4. The average Bonchev–Trinajstić information content (AvgIpc) is 3.38. The van der Waals surface area contributed by atoms with Gasteiger partial charge in [0, 0.05) is 0 Å². The lowest BCUT2D eigenvalue weighted by Gasteiger charge is -2.06. The Bertz CT molecular complexity index is 1570. The third-order valence-electron chi connectivity index (χ3n) is 5.15. The highest BCUT2D eigenvalue weighted by molar-refractivity contribution is 5.92. The molecule has 144 valence electrons. The van der Waals surface area contributed by atoms with Crippen LogP contribution >= 0.6 is 0 Å². The number of benzene rings is 3. The zero-order valence-electron chi connectivity index (χ0n) is 15.4. The van der Waals surface area contributed by atoms with Gasteiger partial charge in [0.05, 0.1) is 22.8 Å². The predicted molar refractivity (Wildman–Crippen MR) is 110 cm³/mol. The van der Waals surface area contributed by atoms with Crippen LogP contribution in [0.5, 0.6) is 5.75 Å². The molecule has 3 aromatic carbocycles. The van der Waals surface area contributed by atoms with Crippen LogP contribution in [0.15, 0.2) is 73.2 Å². The predicted octanol–water partition coefficient (Wildman–Crippen LogP) is 4.13. The average molecular weight is 396 g/mol. The SMILES string of the molecule is Oc1cc2ccccc2cc1-c1nnc2c3cnn(-c4ccc(F)cc4)c3ncn12. The minimum Gasteiger partial charge on any atom is -0.507 e. The van der Waals surface area contributed by atoms with Crippen molar-refractivity contribution < 1.29 is 9.50 Å². The van der Waals surface area contributed by atoms with E-state index in [1.807, 2.05) is 30.3 Å². The molecule has 0 spiro atoms. The number of nitrogens with zero attached hydrogens (tertiary/aromatic N) is 6. The highest BCUT2D eigenvalue weighted by Gasteiger charge is 2.17. The number of hydrogen-bond donors (Lipinski definition) is 1. The molecular formula is C22H13FN6O. The van der Waals surface area contributed by atoms with Crippen molar-refractivity contribution in [1.82, 2.24) is 29.4 Å². The zero-order chi connectivity index (χ0) is 20.2. The van der Waals surface area contributed by atoms with Crippen molar-refractivity contribution in [3.05, 3.63) is 79.0 Å². The summed E-state index contributed by atoms with van der Waals surface area (Å²) in [4.78, 5) is 4.53. The summed E-state index contributed by atoms with van der Waals surface area (Å²) in [5.41, 5.74) is 2.40. The molecule has 3 heterocycles. The van der Waals surface area contributed by atoms with Gasteiger partial charge in [-0.05, 0) is 47.2 Å². The fraction of sp³-hybridized carbons (Fsp3) is 0. The second-order valence-corrected chi connectivity index (χ2v) is 6.95. The highest BCUT2D eigenvalue weighted by atomic mass is 19.1. The van der Waals surface area contributed by atoms with Gasteiger partial charge < -0.3 is 5.11 Å². The van der Waals surface area contributed by atoms with E-state index in [1.165, 1.54) is 12.1 Å². The number of phenols is 1. The molecule has 0 aliphatic heterocycles. The first kappa shape index (κ1) is 16.6. The van der Waals surface area contributed by atoms with Gasteiger partial charge in [-0.15, -0.1) is 10.2 Å². The van der Waals surface area contributed by atoms with E-state index >= 15 is 0 Å². The van der Waals surface area contributed by atoms with E-state index in [-0.39, 0.29) is 11.6 Å². The molecule has 8 heteroatoms. The molecule has 0 saturated carbocycles. The summed E-state index contributed by atoms with van der Waals surface area (Å²) in [7, 11) is 0. The van der Waals surface area contributed by atoms with Crippen molar-refractivity contribution in [3.8, 4) is 22.8 Å². The maximum Gasteiger partial charge on any atom is 0.175 e. The van der Waals surface area contributed by atoms with Gasteiger partial charge in [0.25, 0.3) is 0 Å². The van der Waals surface area contributed by atoms with Crippen molar-refractivity contribution in [2.75, 3.05) is 0 Å². The Hall–Kier alpha value is -4.33. The monoisotopic (exact) mass is 396 g/mol. The molecule has 0 fully saturated rings. The van der Waals surface area contributed by atoms with Crippen LogP contribution in [-0.4, -0.2) is 34.5 Å². The van der Waals surface area contributed by atoms with Crippen molar-refractivity contribution >= 4 is 27.5 Å². The van der Waals surface area contributed by atoms with Crippen LogP contribution in [0.4, 0.5) is 4.39 Å². The number of halogens is 1. The van der Waals surface area contributed by atoms with Gasteiger partial charge in [-0.25, -0.2) is 14.1 Å². The van der Waals surface area contributed by atoms with E-state index < -0.39 is 0 Å². The van der Waals surface area contributed by atoms with Gasteiger partial charge in [-0.3, -0.25) is 4.40 Å². The molecule has 6 aromatic rings. The second kappa shape index (κ2) is 6.08. The lowest BCUT2D eigenvalue weighted by atomic mass is 10.1. The molecule has 0 saturated heterocycles. The normalized spacial score (nSPS) is 11.6. The van der Waals surface area contributed by atoms with Crippen LogP contribution in [0.2, 0.25) is 0 Å². The Kier molecular flexibility index (Phi) is 3.37. The molecule has 0 radical (unpaired) electrons. The molecule has 1 N–H and O–H groups in total. The molecule has 0 unspecified atom stereocenters. The summed E-state index contributed by atoms with van der Waals surface area (Å²) >= 11 is 0. The lowest BCUT2D eigenvalue weighted by Crippen LogP contribution is -1.99. The van der Waals surface area contributed by atoms with E-state index in [9.17, 15) is 9.50 Å². The number of rotatable bonds is 2. The summed E-state index contributed by atoms with van der Waals surface area (Å²) in [5, 5.41) is 26.2. The van der Waals surface area contributed by atoms with Crippen LogP contribution < -0.4 is 0 Å². The molecular weight excluding hydrogens is 383 g/mol. The van der Waals surface area contributed by atoms with Gasteiger partial charge in [-0.1, -0.05) is 24.3 Å². The summed E-state index contributed by atoms with van der Waals surface area (Å²) in [5.74, 6) is 0.283. The quantitative estimate of drug-likeness (QED) is 0.476. The fourth-order valence-corrected chi connectivity index (χ4v) is 3.68. The Morgan fingerprint density at radius 2 is 1.63 bits per heavy atom. The summed E-state index contributed by atoms with van der Waals surface area (Å²) in [6.45, 7) is 0. The Morgan fingerprint density at radius 1 is 0.867 bits per heavy atom. The topological polar surface area (TPSA) is 81.1 Å². The largest absolute Gasteiger partial charge is 0.507 e. The molecule has 0 amide bonds. The van der Waals surface area contributed by atoms with E-state index in [1.54, 1.807) is 39.8 Å². The van der Waals surface area contributed by atoms with Crippen LogP contribution in [0.25, 0.3) is 44.5 Å². The van der Waals surface area contributed by atoms with Crippen molar-refractivity contribution in [2.45, 2.75) is 0 Å². The number of hydrogen-bond acceptors (Lipinski definition) is 5. The van der Waals surface area contributed by atoms with Crippen LogP contribution in [0.1, 0.15) is 0 Å². The Morgan fingerprint density at radius 3 is 2.43 bits per heavy atom. The van der Waals surface area contributed by atoms with Crippen LogP contribution in [0, 0.1) is 5.82 Å². The van der Waals surface area contributed by atoms with Crippen molar-refractivity contribution in [3.63, 3.8) is 0 Å². The maximum atomic E-state index is 13.3. The van der Waals surface area contributed by atoms with E-state index in [4.69, 9.17) is 0 Å². The van der Waals surface area contributed by atoms with E-state index in [0.29, 0.717) is 33.8 Å². The highest BCUT2D eigenvalue weighted by Crippen LogP contribution is 2.33. The van der Waals surface area contributed by atoms with Gasteiger partial charge in [0.15, 0.2) is 17.1 Å². The first-order chi connectivity index (χ1) is 14.7. The molecule has 0 bridgehead atoms.